The summed E-state index contributed by atoms with van der Waals surface area (Å²) in [5, 5.41) is 0. The highest BCUT2D eigenvalue weighted by Gasteiger charge is 2.50. The van der Waals surface area contributed by atoms with Crippen molar-refractivity contribution in [1.82, 2.24) is 0 Å². The molecule has 1 heteroatoms. The quantitative estimate of drug-likeness (QED) is 0.639. The Morgan fingerprint density at radius 2 is 1.42 bits per heavy atom. The molecular formula is C23H30N+. The van der Waals surface area contributed by atoms with Crippen LogP contribution >= 0.6 is 0 Å². The molecular weight excluding hydrogens is 290 g/mol. The predicted octanol–water partition coefficient (Wildman–Crippen LogP) is 5.67. The monoisotopic (exact) mass is 320 g/mol. The first-order valence-corrected chi connectivity index (χ1v) is 9.23. The second-order valence-electron chi connectivity index (χ2n) is 7.90. The SMILES string of the molecule is CCc1cccc(CC)c1[N+]1=C[C@](C)(c2ccccc2)CC1(C)C. The number of rotatable bonds is 4. The second kappa shape index (κ2) is 6.20. The zero-order chi connectivity index (χ0) is 17.4. The van der Waals surface area contributed by atoms with E-state index in [1.165, 1.54) is 22.4 Å². The van der Waals surface area contributed by atoms with E-state index in [4.69, 9.17) is 0 Å². The first-order valence-electron chi connectivity index (χ1n) is 9.23. The Hall–Kier alpha value is -1.89. The molecule has 1 aliphatic rings. The average molecular weight is 321 g/mol. The lowest BCUT2D eigenvalue weighted by Gasteiger charge is -2.23. The Kier molecular flexibility index (Phi) is 4.38. The number of hydrogen-bond acceptors (Lipinski definition) is 0. The maximum absolute atomic E-state index is 2.57. The van der Waals surface area contributed by atoms with Gasteiger partial charge in [-0.05, 0) is 25.3 Å². The van der Waals surface area contributed by atoms with Gasteiger partial charge >= 0.3 is 0 Å². The van der Waals surface area contributed by atoms with Crippen molar-refractivity contribution in [3.05, 3.63) is 65.2 Å². The summed E-state index contributed by atoms with van der Waals surface area (Å²) in [7, 11) is 0. The molecule has 24 heavy (non-hydrogen) atoms. The van der Waals surface area contributed by atoms with Crippen molar-refractivity contribution >= 4 is 11.9 Å². The van der Waals surface area contributed by atoms with E-state index in [9.17, 15) is 0 Å². The predicted molar refractivity (Wildman–Crippen MR) is 104 cm³/mol. The summed E-state index contributed by atoms with van der Waals surface area (Å²) in [5.41, 5.74) is 5.95. The third-order valence-electron chi connectivity index (χ3n) is 5.51. The van der Waals surface area contributed by atoms with Gasteiger partial charge < -0.3 is 0 Å². The lowest BCUT2D eigenvalue weighted by atomic mass is 9.77. The molecule has 2 aromatic carbocycles. The third-order valence-corrected chi connectivity index (χ3v) is 5.51. The van der Waals surface area contributed by atoms with Crippen LogP contribution in [0.1, 0.15) is 57.7 Å². The number of aryl methyl sites for hydroxylation is 2. The minimum atomic E-state index is 0.0800. The molecule has 0 amide bonds. The molecule has 0 spiro atoms. The standard InChI is InChI=1S/C23H30N/c1-6-18-12-11-13-19(7-2)21(18)24-17-23(5,16-22(24,3)4)20-14-9-8-10-15-20/h8-15,17H,6-7,16H2,1-5H3/q+1/t23-/m1/s1. The highest BCUT2D eigenvalue weighted by molar-refractivity contribution is 5.73. The molecule has 0 saturated heterocycles. The van der Waals surface area contributed by atoms with Crippen molar-refractivity contribution in [1.29, 1.82) is 0 Å². The van der Waals surface area contributed by atoms with Gasteiger partial charge in [-0.2, -0.15) is 4.58 Å². The Labute approximate surface area is 147 Å². The molecule has 0 bridgehead atoms. The van der Waals surface area contributed by atoms with Crippen molar-refractivity contribution in [3.8, 4) is 0 Å². The maximum Gasteiger partial charge on any atom is 0.211 e. The normalized spacial score (nSPS) is 22.5. The number of nitrogens with zero attached hydrogens (tertiary/aromatic N) is 1. The van der Waals surface area contributed by atoms with Gasteiger partial charge in [-0.15, -0.1) is 0 Å². The highest BCUT2D eigenvalue weighted by atomic mass is 15.1. The molecule has 3 rings (SSSR count). The van der Waals surface area contributed by atoms with Crippen LogP contribution in [0.3, 0.4) is 0 Å². The van der Waals surface area contributed by atoms with Crippen molar-refractivity contribution in [2.75, 3.05) is 0 Å². The first kappa shape index (κ1) is 17.0. The van der Waals surface area contributed by atoms with Crippen LogP contribution in [0, 0.1) is 0 Å². The summed E-state index contributed by atoms with van der Waals surface area (Å²) in [6.07, 6.45) is 5.76. The van der Waals surface area contributed by atoms with Crippen LogP contribution in [0.25, 0.3) is 0 Å². The Balaban J connectivity index is 2.19. The summed E-state index contributed by atoms with van der Waals surface area (Å²) in [6, 6.07) is 17.7. The average Bonchev–Trinajstić information content (AvgIpc) is 2.84. The first-order chi connectivity index (χ1) is 11.4. The number of benzene rings is 2. The lowest BCUT2D eigenvalue weighted by molar-refractivity contribution is -0.512. The Morgan fingerprint density at radius 1 is 0.833 bits per heavy atom. The zero-order valence-corrected chi connectivity index (χ0v) is 15.8. The van der Waals surface area contributed by atoms with Gasteiger partial charge in [-0.3, -0.25) is 0 Å². The van der Waals surface area contributed by atoms with Crippen molar-refractivity contribution in [2.45, 2.75) is 64.8 Å². The van der Waals surface area contributed by atoms with Gasteiger partial charge in [0.1, 0.15) is 0 Å². The molecule has 0 unspecified atom stereocenters. The van der Waals surface area contributed by atoms with E-state index in [1.54, 1.807) is 0 Å². The Bertz CT molecular complexity index is 733. The van der Waals surface area contributed by atoms with Crippen LogP contribution in [0.15, 0.2) is 48.5 Å². The van der Waals surface area contributed by atoms with Crippen LogP contribution in [0.5, 0.6) is 0 Å². The fourth-order valence-electron chi connectivity index (χ4n) is 4.38. The smallest absolute Gasteiger partial charge is 0.197 e. The van der Waals surface area contributed by atoms with E-state index in [0.29, 0.717) is 0 Å². The molecule has 1 heterocycles. The topological polar surface area (TPSA) is 3.01 Å². The van der Waals surface area contributed by atoms with E-state index in [1.807, 2.05) is 0 Å². The van der Waals surface area contributed by atoms with Gasteiger partial charge in [-0.25, -0.2) is 0 Å². The molecule has 2 aromatic rings. The summed E-state index contributed by atoms with van der Waals surface area (Å²) in [6.45, 7) is 11.7. The van der Waals surface area contributed by atoms with Crippen LogP contribution in [-0.4, -0.2) is 16.3 Å². The molecule has 1 atom stereocenters. The molecule has 0 aliphatic carbocycles. The van der Waals surface area contributed by atoms with Gasteiger partial charge in [0.05, 0.1) is 5.41 Å². The number of hydrogen-bond donors (Lipinski definition) is 0. The lowest BCUT2D eigenvalue weighted by Crippen LogP contribution is -2.31. The molecule has 0 fully saturated rings. The van der Waals surface area contributed by atoms with Gasteiger partial charge in [0.2, 0.25) is 5.69 Å². The van der Waals surface area contributed by atoms with E-state index in [-0.39, 0.29) is 11.0 Å². The second-order valence-corrected chi connectivity index (χ2v) is 7.90. The minimum Gasteiger partial charge on any atom is -0.197 e. The molecule has 0 saturated carbocycles. The van der Waals surface area contributed by atoms with E-state index in [2.05, 4.69) is 93.9 Å². The molecule has 126 valence electrons. The highest BCUT2D eigenvalue weighted by Crippen LogP contribution is 2.43. The zero-order valence-electron chi connectivity index (χ0n) is 15.8. The molecule has 1 aliphatic heterocycles. The molecule has 0 aromatic heterocycles. The van der Waals surface area contributed by atoms with E-state index in [0.717, 1.165) is 19.3 Å². The maximum atomic E-state index is 2.57. The summed E-state index contributed by atoms with van der Waals surface area (Å²) in [5.74, 6) is 0. The van der Waals surface area contributed by atoms with Gasteiger partial charge in [-0.1, -0.05) is 62.4 Å². The summed E-state index contributed by atoms with van der Waals surface area (Å²) < 4.78 is 2.57. The van der Waals surface area contributed by atoms with Crippen LogP contribution in [0.2, 0.25) is 0 Å². The van der Waals surface area contributed by atoms with Crippen LogP contribution in [-0.2, 0) is 18.3 Å². The summed E-state index contributed by atoms with van der Waals surface area (Å²) >= 11 is 0. The largest absolute Gasteiger partial charge is 0.211 e. The van der Waals surface area contributed by atoms with E-state index < -0.39 is 0 Å². The fourth-order valence-corrected chi connectivity index (χ4v) is 4.38. The van der Waals surface area contributed by atoms with Crippen molar-refractivity contribution in [2.24, 2.45) is 0 Å². The van der Waals surface area contributed by atoms with Crippen molar-refractivity contribution in [3.63, 3.8) is 0 Å². The van der Waals surface area contributed by atoms with Gasteiger partial charge in [0.15, 0.2) is 11.8 Å². The van der Waals surface area contributed by atoms with Gasteiger partial charge in [0, 0.05) is 31.4 Å². The molecule has 1 nitrogen and oxygen atoms in total. The molecule has 0 radical (unpaired) electrons. The fraction of sp³-hybridized carbons (Fsp3) is 0.435. The number of para-hydroxylation sites is 1. The summed E-state index contributed by atoms with van der Waals surface area (Å²) in [4.78, 5) is 0. The van der Waals surface area contributed by atoms with E-state index >= 15 is 0 Å². The van der Waals surface area contributed by atoms with Crippen LogP contribution < -0.4 is 0 Å². The minimum absolute atomic E-state index is 0.0800. The van der Waals surface area contributed by atoms with Crippen molar-refractivity contribution < 1.29 is 4.58 Å². The Morgan fingerprint density at radius 3 is 1.96 bits per heavy atom. The third kappa shape index (κ3) is 2.81. The molecule has 0 N–H and O–H groups in total. The van der Waals surface area contributed by atoms with Gasteiger partial charge in [0.25, 0.3) is 0 Å². The van der Waals surface area contributed by atoms with Crippen LogP contribution in [0.4, 0.5) is 5.69 Å².